The van der Waals surface area contributed by atoms with Gasteiger partial charge in [0.05, 0.1) is 12.8 Å². The Morgan fingerprint density at radius 3 is 2.11 bits per heavy atom. The van der Waals surface area contributed by atoms with Crippen LogP contribution in [0.5, 0.6) is 11.5 Å². The Kier molecular flexibility index (Phi) is 9.59. The van der Waals surface area contributed by atoms with Gasteiger partial charge in [-0.25, -0.2) is 4.39 Å². The smallest absolute Gasteiger partial charge is 0.240 e. The SMILES string of the molecule is COCC1CCN(c2ccc(/C(=C\C=N)Oc3ccc(NC(=O)C4(C(=O)Nc5ccc(F)cc5)CC4)cc3)cc2OC)CC1. The molecule has 3 aromatic rings. The summed E-state index contributed by atoms with van der Waals surface area (Å²) in [5.74, 6) is 1.05. The second-order valence-corrected chi connectivity index (χ2v) is 11.1. The highest BCUT2D eigenvalue weighted by Gasteiger charge is 2.56. The number of allylic oxidation sites excluding steroid dienone is 1. The van der Waals surface area contributed by atoms with E-state index in [2.05, 4.69) is 15.5 Å². The number of halogens is 1. The number of hydrogen-bond acceptors (Lipinski definition) is 7. The van der Waals surface area contributed by atoms with Crippen molar-refractivity contribution in [3.05, 3.63) is 84.2 Å². The predicted molar refractivity (Wildman–Crippen MR) is 169 cm³/mol. The van der Waals surface area contributed by atoms with Gasteiger partial charge < -0.3 is 35.2 Å². The van der Waals surface area contributed by atoms with Crippen LogP contribution < -0.4 is 25.0 Å². The Morgan fingerprint density at radius 2 is 1.57 bits per heavy atom. The van der Waals surface area contributed by atoms with E-state index in [9.17, 15) is 14.0 Å². The van der Waals surface area contributed by atoms with E-state index in [-0.39, 0.29) is 0 Å². The first-order valence-corrected chi connectivity index (χ1v) is 14.6. The fourth-order valence-corrected chi connectivity index (χ4v) is 5.38. The molecule has 10 heteroatoms. The molecule has 9 nitrogen and oxygen atoms in total. The number of nitrogens with zero attached hydrogens (tertiary/aromatic N) is 1. The van der Waals surface area contributed by atoms with E-state index in [4.69, 9.17) is 19.6 Å². The molecular formula is C34H37FN4O5. The molecule has 2 aliphatic rings. The van der Waals surface area contributed by atoms with Gasteiger partial charge in [-0.1, -0.05) is 0 Å². The van der Waals surface area contributed by atoms with Crippen LogP contribution in [0, 0.1) is 22.6 Å². The van der Waals surface area contributed by atoms with Gasteiger partial charge in [0.25, 0.3) is 0 Å². The zero-order chi connectivity index (χ0) is 31.1. The number of carbonyl (C=O) groups is 2. The van der Waals surface area contributed by atoms with Crippen LogP contribution in [-0.4, -0.2) is 51.9 Å². The van der Waals surface area contributed by atoms with E-state index < -0.39 is 23.0 Å². The summed E-state index contributed by atoms with van der Waals surface area (Å²) in [6.07, 6.45) is 5.70. The Balaban J connectivity index is 1.22. The fraction of sp³-hybridized carbons (Fsp3) is 0.324. The number of benzene rings is 3. The van der Waals surface area contributed by atoms with Gasteiger partial charge in [0.2, 0.25) is 11.8 Å². The highest BCUT2D eigenvalue weighted by Crippen LogP contribution is 2.47. The molecule has 0 spiro atoms. The molecular weight excluding hydrogens is 563 g/mol. The number of rotatable bonds is 12. The summed E-state index contributed by atoms with van der Waals surface area (Å²) in [4.78, 5) is 28.2. The van der Waals surface area contributed by atoms with Gasteiger partial charge in [0.1, 0.15) is 28.5 Å². The number of nitrogens with one attached hydrogen (secondary N) is 3. The number of anilines is 3. The molecule has 44 heavy (non-hydrogen) atoms. The molecule has 1 saturated carbocycles. The maximum absolute atomic E-state index is 13.2. The van der Waals surface area contributed by atoms with Crippen molar-refractivity contribution in [1.82, 2.24) is 0 Å². The fourth-order valence-electron chi connectivity index (χ4n) is 5.38. The minimum atomic E-state index is -1.16. The van der Waals surface area contributed by atoms with Crippen molar-refractivity contribution < 1.29 is 28.2 Å². The van der Waals surface area contributed by atoms with Crippen molar-refractivity contribution in [3.63, 3.8) is 0 Å². The lowest BCUT2D eigenvalue weighted by Gasteiger charge is -2.34. The van der Waals surface area contributed by atoms with E-state index in [1.807, 2.05) is 18.2 Å². The van der Waals surface area contributed by atoms with Crippen LogP contribution in [0.25, 0.3) is 5.76 Å². The summed E-state index contributed by atoms with van der Waals surface area (Å²) in [5, 5.41) is 13.2. The molecule has 2 amide bonds. The van der Waals surface area contributed by atoms with Crippen LogP contribution >= 0.6 is 0 Å². The van der Waals surface area contributed by atoms with E-state index in [1.54, 1.807) is 44.6 Å². The van der Waals surface area contributed by atoms with Crippen molar-refractivity contribution in [2.75, 3.05) is 49.4 Å². The van der Waals surface area contributed by atoms with E-state index >= 15 is 0 Å². The van der Waals surface area contributed by atoms with Gasteiger partial charge in [0.15, 0.2) is 0 Å². The molecule has 0 aromatic heterocycles. The molecule has 2 fully saturated rings. The van der Waals surface area contributed by atoms with Crippen molar-refractivity contribution in [3.8, 4) is 11.5 Å². The molecule has 230 valence electrons. The molecule has 1 saturated heterocycles. The zero-order valence-corrected chi connectivity index (χ0v) is 24.9. The third kappa shape index (κ3) is 7.08. The summed E-state index contributed by atoms with van der Waals surface area (Å²) < 4.78 is 30.4. The molecule has 5 rings (SSSR count). The monoisotopic (exact) mass is 600 g/mol. The summed E-state index contributed by atoms with van der Waals surface area (Å²) in [5.41, 5.74) is 1.56. The Labute approximate surface area is 256 Å². The van der Waals surface area contributed by atoms with Crippen molar-refractivity contribution in [1.29, 1.82) is 5.41 Å². The second-order valence-electron chi connectivity index (χ2n) is 11.1. The van der Waals surface area contributed by atoms with Gasteiger partial charge >= 0.3 is 0 Å². The first-order valence-electron chi connectivity index (χ1n) is 14.6. The van der Waals surface area contributed by atoms with E-state index in [0.717, 1.165) is 55.8 Å². The lowest BCUT2D eigenvalue weighted by Crippen LogP contribution is -2.35. The molecule has 0 unspecified atom stereocenters. The quantitative estimate of drug-likeness (QED) is 0.131. The highest BCUT2D eigenvalue weighted by molar-refractivity contribution is 6.16. The predicted octanol–water partition coefficient (Wildman–Crippen LogP) is 6.12. The zero-order valence-electron chi connectivity index (χ0n) is 24.9. The van der Waals surface area contributed by atoms with Crippen LogP contribution in [0.15, 0.2) is 72.8 Å². The highest BCUT2D eigenvalue weighted by atomic mass is 19.1. The van der Waals surface area contributed by atoms with Crippen LogP contribution in [0.4, 0.5) is 21.5 Å². The molecule has 1 aliphatic heterocycles. The molecule has 0 atom stereocenters. The lowest BCUT2D eigenvalue weighted by atomic mass is 9.97. The maximum Gasteiger partial charge on any atom is 0.240 e. The van der Waals surface area contributed by atoms with Crippen LogP contribution in [-0.2, 0) is 14.3 Å². The third-order valence-electron chi connectivity index (χ3n) is 8.12. The molecule has 1 aliphatic carbocycles. The van der Waals surface area contributed by atoms with E-state index in [1.165, 1.54) is 24.3 Å². The number of methoxy groups -OCH3 is 2. The first-order chi connectivity index (χ1) is 21.3. The average molecular weight is 601 g/mol. The summed E-state index contributed by atoms with van der Waals surface area (Å²) >= 11 is 0. The van der Waals surface area contributed by atoms with Crippen LogP contribution in [0.2, 0.25) is 0 Å². The minimum absolute atomic E-state index is 0.398. The second kappa shape index (κ2) is 13.7. The number of carbonyl (C=O) groups excluding carboxylic acids is 2. The normalized spacial score (nSPS) is 16.2. The standard InChI is InChI=1S/C34H37FN4O5/c1-42-22-23-14-19-39(20-15-23)29-12-3-24(21-31(29)43-2)30(13-18-36)44-28-10-8-27(9-11-28)38-33(41)34(16-17-34)32(40)37-26-6-4-25(35)5-7-26/h3-13,18,21,23,36H,14-17,19-20,22H2,1-2H3,(H,37,40)(H,38,41)/b30-13+,36-18?. The summed E-state index contributed by atoms with van der Waals surface area (Å²) in [7, 11) is 3.39. The molecule has 3 N–H and O–H groups in total. The maximum atomic E-state index is 13.2. The number of amides is 2. The number of piperidine rings is 1. The first kappa shape index (κ1) is 30.7. The van der Waals surface area contributed by atoms with Gasteiger partial charge in [0, 0.05) is 50.0 Å². The van der Waals surface area contributed by atoms with Gasteiger partial charge in [-0.15, -0.1) is 0 Å². The average Bonchev–Trinajstić information content (AvgIpc) is 3.86. The van der Waals surface area contributed by atoms with Crippen molar-refractivity contribution >= 4 is 40.9 Å². The molecule has 3 aromatic carbocycles. The number of hydrogen-bond donors (Lipinski definition) is 3. The Hall–Kier alpha value is -4.70. The third-order valence-corrected chi connectivity index (χ3v) is 8.12. The largest absolute Gasteiger partial charge is 0.495 e. The van der Waals surface area contributed by atoms with Crippen molar-refractivity contribution in [2.45, 2.75) is 25.7 Å². The summed E-state index contributed by atoms with van der Waals surface area (Å²) in [6, 6.07) is 18.1. The Bertz CT molecular complexity index is 1510. The molecule has 1 heterocycles. The summed E-state index contributed by atoms with van der Waals surface area (Å²) in [6.45, 7) is 2.63. The van der Waals surface area contributed by atoms with Crippen LogP contribution in [0.1, 0.15) is 31.2 Å². The van der Waals surface area contributed by atoms with Crippen LogP contribution in [0.3, 0.4) is 0 Å². The van der Waals surface area contributed by atoms with E-state index in [0.29, 0.717) is 41.6 Å². The molecule has 0 radical (unpaired) electrons. The number of ether oxygens (including phenoxy) is 3. The van der Waals surface area contributed by atoms with Gasteiger partial charge in [-0.2, -0.15) is 0 Å². The minimum Gasteiger partial charge on any atom is -0.495 e. The van der Waals surface area contributed by atoms with Crippen molar-refractivity contribution in [2.24, 2.45) is 11.3 Å². The van der Waals surface area contributed by atoms with Gasteiger partial charge in [-0.3, -0.25) is 9.59 Å². The Morgan fingerprint density at radius 1 is 0.955 bits per heavy atom. The molecule has 0 bridgehead atoms. The topological polar surface area (TPSA) is 113 Å². The van der Waals surface area contributed by atoms with Gasteiger partial charge in [-0.05, 0) is 104 Å². The lowest BCUT2D eigenvalue weighted by molar-refractivity contribution is -0.131.